The van der Waals surface area contributed by atoms with Crippen molar-refractivity contribution in [3.63, 3.8) is 0 Å². The third-order valence-corrected chi connectivity index (χ3v) is 2.35. The SMILES string of the molecule is CC1=CN=C2C=CC=CC2N1C. The fourth-order valence-corrected chi connectivity index (χ4v) is 1.45. The zero-order valence-electron chi connectivity index (χ0n) is 7.36. The van der Waals surface area contributed by atoms with Gasteiger partial charge in [0, 0.05) is 18.9 Å². The summed E-state index contributed by atoms with van der Waals surface area (Å²) in [6.07, 6.45) is 10.2. The number of hydrogen-bond donors (Lipinski definition) is 0. The quantitative estimate of drug-likeness (QED) is 0.527. The predicted octanol–water partition coefficient (Wildman–Crippen LogP) is 1.73. The van der Waals surface area contributed by atoms with E-state index in [9.17, 15) is 0 Å². The molecule has 1 unspecified atom stereocenters. The smallest absolute Gasteiger partial charge is 0.0894 e. The molecule has 0 aromatic rings. The van der Waals surface area contributed by atoms with Crippen molar-refractivity contribution in [1.82, 2.24) is 4.90 Å². The number of aliphatic imine (C=N–C) groups is 1. The van der Waals surface area contributed by atoms with E-state index in [1.165, 1.54) is 5.70 Å². The predicted molar refractivity (Wildman–Crippen MR) is 51.0 cm³/mol. The molecule has 2 rings (SSSR count). The summed E-state index contributed by atoms with van der Waals surface area (Å²) in [5, 5.41) is 0. The molecule has 0 fully saturated rings. The minimum absolute atomic E-state index is 0.347. The van der Waals surface area contributed by atoms with Crippen LogP contribution in [0.3, 0.4) is 0 Å². The second-order valence-corrected chi connectivity index (χ2v) is 3.12. The number of fused-ring (bicyclic) bond motifs is 1. The van der Waals surface area contributed by atoms with Crippen LogP contribution in [0.5, 0.6) is 0 Å². The molecule has 0 aromatic carbocycles. The molecule has 1 heterocycles. The summed E-state index contributed by atoms with van der Waals surface area (Å²) in [4.78, 5) is 6.58. The normalized spacial score (nSPS) is 26.5. The Bertz CT molecular complexity index is 308. The lowest BCUT2D eigenvalue weighted by Gasteiger charge is -2.31. The van der Waals surface area contributed by atoms with Crippen LogP contribution in [0.2, 0.25) is 0 Å². The van der Waals surface area contributed by atoms with Gasteiger partial charge in [0.2, 0.25) is 0 Å². The van der Waals surface area contributed by atoms with E-state index >= 15 is 0 Å². The summed E-state index contributed by atoms with van der Waals surface area (Å²) in [7, 11) is 2.09. The Morgan fingerprint density at radius 2 is 2.25 bits per heavy atom. The topological polar surface area (TPSA) is 15.6 Å². The van der Waals surface area contributed by atoms with E-state index in [-0.39, 0.29) is 0 Å². The average Bonchev–Trinajstić information content (AvgIpc) is 2.12. The van der Waals surface area contributed by atoms with Crippen LogP contribution in [-0.2, 0) is 0 Å². The van der Waals surface area contributed by atoms with E-state index in [0.717, 1.165) is 5.71 Å². The van der Waals surface area contributed by atoms with Crippen molar-refractivity contribution >= 4 is 5.71 Å². The van der Waals surface area contributed by atoms with Gasteiger partial charge in [0.1, 0.15) is 0 Å². The van der Waals surface area contributed by atoms with Crippen LogP contribution in [0.25, 0.3) is 0 Å². The van der Waals surface area contributed by atoms with Crippen LogP contribution in [0.1, 0.15) is 6.92 Å². The maximum atomic E-state index is 4.36. The zero-order chi connectivity index (χ0) is 8.55. The van der Waals surface area contributed by atoms with Gasteiger partial charge in [-0.1, -0.05) is 18.2 Å². The Kier molecular flexibility index (Phi) is 1.61. The lowest BCUT2D eigenvalue weighted by molar-refractivity contribution is 0.410. The molecule has 0 saturated carbocycles. The fraction of sp³-hybridized carbons (Fsp3) is 0.300. The van der Waals surface area contributed by atoms with Crippen LogP contribution >= 0.6 is 0 Å². The molecule has 1 aliphatic carbocycles. The van der Waals surface area contributed by atoms with Gasteiger partial charge in [-0.15, -0.1) is 0 Å². The van der Waals surface area contributed by atoms with Gasteiger partial charge < -0.3 is 4.90 Å². The molecule has 0 amide bonds. The third-order valence-electron chi connectivity index (χ3n) is 2.35. The maximum Gasteiger partial charge on any atom is 0.0894 e. The Morgan fingerprint density at radius 1 is 1.42 bits per heavy atom. The fourth-order valence-electron chi connectivity index (χ4n) is 1.45. The summed E-state index contributed by atoms with van der Waals surface area (Å²) in [6.45, 7) is 2.08. The molecule has 0 saturated heterocycles. The van der Waals surface area contributed by atoms with Gasteiger partial charge in [-0.05, 0) is 13.0 Å². The number of rotatable bonds is 0. The molecule has 0 N–H and O–H groups in total. The molecule has 2 heteroatoms. The number of likely N-dealkylation sites (N-methyl/N-ethyl adjacent to an activating group) is 1. The van der Waals surface area contributed by atoms with E-state index in [1.807, 2.05) is 12.3 Å². The van der Waals surface area contributed by atoms with Gasteiger partial charge in [0.25, 0.3) is 0 Å². The highest BCUT2D eigenvalue weighted by molar-refractivity contribution is 6.02. The Hall–Kier alpha value is -1.31. The van der Waals surface area contributed by atoms with Crippen molar-refractivity contribution in [2.24, 2.45) is 4.99 Å². The van der Waals surface area contributed by atoms with E-state index < -0.39 is 0 Å². The highest BCUT2D eigenvalue weighted by atomic mass is 15.2. The molecule has 0 bridgehead atoms. The summed E-state index contributed by atoms with van der Waals surface area (Å²) >= 11 is 0. The molecule has 0 radical (unpaired) electrons. The van der Waals surface area contributed by atoms with E-state index in [0.29, 0.717) is 6.04 Å². The first kappa shape index (κ1) is 7.35. The lowest BCUT2D eigenvalue weighted by Crippen LogP contribution is -2.37. The second kappa shape index (κ2) is 2.63. The summed E-state index contributed by atoms with van der Waals surface area (Å²) in [5.41, 5.74) is 2.34. The lowest BCUT2D eigenvalue weighted by atomic mass is 10.0. The Labute approximate surface area is 72.6 Å². The van der Waals surface area contributed by atoms with Gasteiger partial charge in [-0.25, -0.2) is 0 Å². The largest absolute Gasteiger partial charge is 0.365 e. The van der Waals surface area contributed by atoms with E-state index in [4.69, 9.17) is 0 Å². The average molecular weight is 160 g/mol. The molecule has 1 aliphatic heterocycles. The Morgan fingerprint density at radius 3 is 3.08 bits per heavy atom. The van der Waals surface area contributed by atoms with Crippen molar-refractivity contribution in [2.45, 2.75) is 13.0 Å². The summed E-state index contributed by atoms with van der Waals surface area (Å²) < 4.78 is 0. The zero-order valence-corrected chi connectivity index (χ0v) is 7.36. The van der Waals surface area contributed by atoms with Crippen molar-refractivity contribution in [3.05, 3.63) is 36.2 Å². The van der Waals surface area contributed by atoms with Gasteiger partial charge in [0.05, 0.1) is 11.8 Å². The van der Waals surface area contributed by atoms with Crippen LogP contribution < -0.4 is 0 Å². The van der Waals surface area contributed by atoms with Crippen molar-refractivity contribution in [3.8, 4) is 0 Å². The Balaban J connectivity index is 2.39. The molecular formula is C10H12N2. The highest BCUT2D eigenvalue weighted by Gasteiger charge is 2.20. The monoisotopic (exact) mass is 160 g/mol. The van der Waals surface area contributed by atoms with Crippen LogP contribution in [0, 0.1) is 0 Å². The van der Waals surface area contributed by atoms with E-state index in [1.54, 1.807) is 0 Å². The third kappa shape index (κ3) is 0.998. The standard InChI is InChI=1S/C10H12N2/c1-8-7-11-9-5-3-4-6-10(9)12(8)2/h3-7,10H,1-2H3. The van der Waals surface area contributed by atoms with Gasteiger partial charge in [0.15, 0.2) is 0 Å². The van der Waals surface area contributed by atoms with E-state index in [2.05, 4.69) is 42.1 Å². The second-order valence-electron chi connectivity index (χ2n) is 3.12. The number of hydrogen-bond acceptors (Lipinski definition) is 2. The number of allylic oxidation sites excluding steroid dienone is 3. The van der Waals surface area contributed by atoms with Crippen molar-refractivity contribution < 1.29 is 0 Å². The van der Waals surface area contributed by atoms with Crippen molar-refractivity contribution in [2.75, 3.05) is 7.05 Å². The minimum atomic E-state index is 0.347. The van der Waals surface area contributed by atoms with Crippen LogP contribution in [-0.4, -0.2) is 23.7 Å². The van der Waals surface area contributed by atoms with Gasteiger partial charge in [-0.2, -0.15) is 0 Å². The molecule has 62 valence electrons. The first-order valence-corrected chi connectivity index (χ1v) is 4.11. The number of nitrogens with zero attached hydrogens (tertiary/aromatic N) is 2. The van der Waals surface area contributed by atoms with Crippen LogP contribution in [0.15, 0.2) is 41.2 Å². The highest BCUT2D eigenvalue weighted by Crippen LogP contribution is 2.17. The maximum absolute atomic E-state index is 4.36. The summed E-state index contributed by atoms with van der Waals surface area (Å²) in [5.74, 6) is 0. The minimum Gasteiger partial charge on any atom is -0.365 e. The van der Waals surface area contributed by atoms with Gasteiger partial charge >= 0.3 is 0 Å². The van der Waals surface area contributed by atoms with Crippen molar-refractivity contribution in [1.29, 1.82) is 0 Å². The summed E-state index contributed by atoms with van der Waals surface area (Å²) in [6, 6.07) is 0.347. The van der Waals surface area contributed by atoms with Crippen LogP contribution in [0.4, 0.5) is 0 Å². The molecule has 0 spiro atoms. The molecule has 2 aliphatic rings. The molecular weight excluding hydrogens is 148 g/mol. The first-order chi connectivity index (χ1) is 5.79. The molecule has 0 aromatic heterocycles. The molecule has 1 atom stereocenters. The van der Waals surface area contributed by atoms with Gasteiger partial charge in [-0.3, -0.25) is 4.99 Å². The first-order valence-electron chi connectivity index (χ1n) is 4.11. The molecule has 12 heavy (non-hydrogen) atoms. The molecule has 2 nitrogen and oxygen atoms in total.